The number of pyridine rings is 1. The van der Waals surface area contributed by atoms with Crippen molar-refractivity contribution in [1.29, 1.82) is 0 Å². The van der Waals surface area contributed by atoms with Crippen LogP contribution in [-0.2, 0) is 6.42 Å². The number of nitrogens with zero attached hydrogens (tertiary/aromatic N) is 2. The zero-order chi connectivity index (χ0) is 12.6. The van der Waals surface area contributed by atoms with Crippen molar-refractivity contribution in [3.05, 3.63) is 30.1 Å². The molecule has 1 fully saturated rings. The Balaban J connectivity index is 1.53. The van der Waals surface area contributed by atoms with Gasteiger partial charge in [0.1, 0.15) is 0 Å². The first kappa shape index (κ1) is 13.5. The molecule has 3 nitrogen and oxygen atoms in total. The van der Waals surface area contributed by atoms with Crippen LogP contribution in [0.3, 0.4) is 0 Å². The van der Waals surface area contributed by atoms with E-state index in [1.54, 1.807) is 0 Å². The maximum absolute atomic E-state index is 4.13. The third-order valence-corrected chi connectivity index (χ3v) is 3.90. The van der Waals surface area contributed by atoms with E-state index >= 15 is 0 Å². The summed E-state index contributed by atoms with van der Waals surface area (Å²) in [5.74, 6) is 0. The lowest BCUT2D eigenvalue weighted by Crippen LogP contribution is -2.35. The molecule has 3 heteroatoms. The van der Waals surface area contributed by atoms with Crippen LogP contribution in [0.2, 0.25) is 0 Å². The Morgan fingerprint density at radius 1 is 1.33 bits per heavy atom. The average molecular weight is 247 g/mol. The Morgan fingerprint density at radius 3 is 2.89 bits per heavy atom. The molecule has 0 atom stereocenters. The van der Waals surface area contributed by atoms with Gasteiger partial charge in [0.2, 0.25) is 0 Å². The van der Waals surface area contributed by atoms with E-state index in [4.69, 9.17) is 0 Å². The number of hydrogen-bond donors (Lipinski definition) is 1. The predicted octanol–water partition coefficient (Wildman–Crippen LogP) is 2.09. The summed E-state index contributed by atoms with van der Waals surface area (Å²) in [5, 5.41) is 3.52. The second-order valence-corrected chi connectivity index (χ2v) is 5.28. The van der Waals surface area contributed by atoms with Gasteiger partial charge in [-0.3, -0.25) is 4.98 Å². The summed E-state index contributed by atoms with van der Waals surface area (Å²) in [6.07, 6.45) is 10.5. The van der Waals surface area contributed by atoms with Crippen molar-refractivity contribution in [1.82, 2.24) is 15.2 Å². The molecule has 1 saturated carbocycles. The van der Waals surface area contributed by atoms with Crippen molar-refractivity contribution in [2.45, 2.75) is 38.1 Å². The fraction of sp³-hybridized carbons (Fsp3) is 0.667. The van der Waals surface area contributed by atoms with Crippen molar-refractivity contribution in [3.8, 4) is 0 Å². The van der Waals surface area contributed by atoms with Gasteiger partial charge in [-0.05, 0) is 44.5 Å². The van der Waals surface area contributed by atoms with Crippen LogP contribution in [0.4, 0.5) is 0 Å². The van der Waals surface area contributed by atoms with E-state index in [1.807, 2.05) is 18.5 Å². The van der Waals surface area contributed by atoms with E-state index < -0.39 is 0 Å². The van der Waals surface area contributed by atoms with Crippen LogP contribution >= 0.6 is 0 Å². The maximum Gasteiger partial charge on any atom is 0.0300 e. The van der Waals surface area contributed by atoms with Crippen molar-refractivity contribution >= 4 is 0 Å². The smallest absolute Gasteiger partial charge is 0.0300 e. The normalized spacial score (nSPS) is 16.6. The largest absolute Gasteiger partial charge is 0.315 e. The molecule has 0 aromatic carbocycles. The molecule has 0 unspecified atom stereocenters. The minimum atomic E-state index is 0.838. The molecule has 0 spiro atoms. The summed E-state index contributed by atoms with van der Waals surface area (Å²) in [7, 11) is 2.26. The van der Waals surface area contributed by atoms with Crippen LogP contribution in [0.5, 0.6) is 0 Å². The highest BCUT2D eigenvalue weighted by molar-refractivity contribution is 5.08. The molecule has 18 heavy (non-hydrogen) atoms. The van der Waals surface area contributed by atoms with Gasteiger partial charge in [0.05, 0.1) is 0 Å². The first-order valence-electron chi connectivity index (χ1n) is 7.16. The third-order valence-electron chi connectivity index (χ3n) is 3.90. The average Bonchev–Trinajstić information content (AvgIpc) is 2.93. The van der Waals surface area contributed by atoms with Crippen LogP contribution in [0.1, 0.15) is 31.2 Å². The molecule has 1 aromatic rings. The molecule has 0 radical (unpaired) electrons. The molecule has 100 valence electrons. The Hall–Kier alpha value is -0.930. The Kier molecular flexibility index (Phi) is 5.62. The monoisotopic (exact) mass is 247 g/mol. The standard InChI is InChI=1S/C15H25N3/c1-18(15-6-2-3-7-15)12-11-16-10-8-14-5-4-9-17-13-14/h4-5,9,13,15-16H,2-3,6-8,10-12H2,1H3. The number of hydrogen-bond acceptors (Lipinski definition) is 3. The predicted molar refractivity (Wildman–Crippen MR) is 75.7 cm³/mol. The molecule has 1 N–H and O–H groups in total. The van der Waals surface area contributed by atoms with Crippen molar-refractivity contribution in [2.24, 2.45) is 0 Å². The highest BCUT2D eigenvalue weighted by Crippen LogP contribution is 2.21. The molecule has 1 aliphatic carbocycles. The van der Waals surface area contributed by atoms with Crippen molar-refractivity contribution < 1.29 is 0 Å². The lowest BCUT2D eigenvalue weighted by atomic mass is 10.2. The van der Waals surface area contributed by atoms with Gasteiger partial charge < -0.3 is 10.2 Å². The highest BCUT2D eigenvalue weighted by atomic mass is 15.1. The summed E-state index contributed by atoms with van der Waals surface area (Å²) < 4.78 is 0. The molecule has 2 rings (SSSR count). The van der Waals surface area contributed by atoms with E-state index in [0.29, 0.717) is 0 Å². The van der Waals surface area contributed by atoms with Crippen LogP contribution < -0.4 is 5.32 Å². The molecular formula is C15H25N3. The van der Waals surface area contributed by atoms with Gasteiger partial charge in [-0.2, -0.15) is 0 Å². The lowest BCUT2D eigenvalue weighted by Gasteiger charge is -2.23. The van der Waals surface area contributed by atoms with Gasteiger partial charge in [-0.25, -0.2) is 0 Å². The number of likely N-dealkylation sites (N-methyl/N-ethyl adjacent to an activating group) is 1. The summed E-state index contributed by atoms with van der Waals surface area (Å²) in [5.41, 5.74) is 1.31. The molecule has 1 heterocycles. The van der Waals surface area contributed by atoms with Crippen molar-refractivity contribution in [2.75, 3.05) is 26.7 Å². The minimum absolute atomic E-state index is 0.838. The zero-order valence-corrected chi connectivity index (χ0v) is 11.4. The topological polar surface area (TPSA) is 28.2 Å². The van der Waals surface area contributed by atoms with Gasteiger partial charge in [0, 0.05) is 31.5 Å². The Morgan fingerprint density at radius 2 is 2.17 bits per heavy atom. The van der Waals surface area contributed by atoms with E-state index in [9.17, 15) is 0 Å². The molecule has 0 saturated heterocycles. The van der Waals surface area contributed by atoms with Crippen LogP contribution in [-0.4, -0.2) is 42.6 Å². The van der Waals surface area contributed by atoms with E-state index in [1.165, 1.54) is 31.2 Å². The van der Waals surface area contributed by atoms with Gasteiger partial charge in [-0.15, -0.1) is 0 Å². The molecule has 0 bridgehead atoms. The SMILES string of the molecule is CN(CCNCCc1cccnc1)C1CCCC1. The second-order valence-electron chi connectivity index (χ2n) is 5.28. The van der Waals surface area contributed by atoms with E-state index in [0.717, 1.165) is 32.1 Å². The molecule has 1 aromatic heterocycles. The first-order chi connectivity index (χ1) is 8.86. The molecule has 0 aliphatic heterocycles. The van der Waals surface area contributed by atoms with Gasteiger partial charge in [-0.1, -0.05) is 18.9 Å². The van der Waals surface area contributed by atoms with Gasteiger partial charge in [0.15, 0.2) is 0 Å². The highest BCUT2D eigenvalue weighted by Gasteiger charge is 2.18. The summed E-state index contributed by atoms with van der Waals surface area (Å²) in [6.45, 7) is 3.30. The minimum Gasteiger partial charge on any atom is -0.315 e. The van der Waals surface area contributed by atoms with Crippen LogP contribution in [0.15, 0.2) is 24.5 Å². The lowest BCUT2D eigenvalue weighted by molar-refractivity contribution is 0.246. The van der Waals surface area contributed by atoms with E-state index in [-0.39, 0.29) is 0 Å². The first-order valence-corrected chi connectivity index (χ1v) is 7.16. The van der Waals surface area contributed by atoms with Gasteiger partial charge >= 0.3 is 0 Å². The Labute approximate surface area is 111 Å². The van der Waals surface area contributed by atoms with Crippen LogP contribution in [0.25, 0.3) is 0 Å². The van der Waals surface area contributed by atoms with Gasteiger partial charge in [0.25, 0.3) is 0 Å². The second kappa shape index (κ2) is 7.49. The summed E-state index contributed by atoms with van der Waals surface area (Å²) >= 11 is 0. The third kappa shape index (κ3) is 4.39. The number of aromatic nitrogens is 1. The summed E-state index contributed by atoms with van der Waals surface area (Å²) in [4.78, 5) is 6.65. The number of nitrogens with one attached hydrogen (secondary N) is 1. The number of rotatable bonds is 7. The zero-order valence-electron chi connectivity index (χ0n) is 11.4. The molecule has 0 amide bonds. The maximum atomic E-state index is 4.13. The fourth-order valence-electron chi connectivity index (χ4n) is 2.69. The molecular weight excluding hydrogens is 222 g/mol. The molecule has 1 aliphatic rings. The van der Waals surface area contributed by atoms with Crippen molar-refractivity contribution in [3.63, 3.8) is 0 Å². The quantitative estimate of drug-likeness (QED) is 0.748. The van der Waals surface area contributed by atoms with E-state index in [2.05, 4.69) is 28.3 Å². The fourth-order valence-corrected chi connectivity index (χ4v) is 2.69. The summed E-state index contributed by atoms with van der Waals surface area (Å²) in [6, 6.07) is 4.98. The van der Waals surface area contributed by atoms with Crippen LogP contribution in [0, 0.1) is 0 Å². The Bertz CT molecular complexity index is 320.